The summed E-state index contributed by atoms with van der Waals surface area (Å²) < 4.78 is 19.3. The summed E-state index contributed by atoms with van der Waals surface area (Å²) in [6, 6.07) is 9.64. The summed E-state index contributed by atoms with van der Waals surface area (Å²) in [6.07, 6.45) is 2.71. The molecular formula is C26H30FN5O3. The number of aliphatic hydroxyl groups excluding tert-OH is 1. The van der Waals surface area contributed by atoms with Gasteiger partial charge in [0.1, 0.15) is 11.6 Å². The third-order valence-electron chi connectivity index (χ3n) is 6.60. The van der Waals surface area contributed by atoms with Gasteiger partial charge in [0.2, 0.25) is 0 Å². The van der Waals surface area contributed by atoms with E-state index in [1.54, 1.807) is 29.3 Å². The number of carbonyl (C=O) groups excluding carboxylic acids is 1. The average Bonchev–Trinajstić information content (AvgIpc) is 2.88. The number of benzene rings is 2. The lowest BCUT2D eigenvalue weighted by atomic mass is 10.00. The van der Waals surface area contributed by atoms with Gasteiger partial charge >= 0.3 is 0 Å². The Bertz CT molecular complexity index is 1220. The number of nitrogens with one attached hydrogen (secondary N) is 1. The zero-order chi connectivity index (χ0) is 24.4. The number of aliphatic hydroxyl groups is 1. The molecule has 184 valence electrons. The van der Waals surface area contributed by atoms with Crippen molar-refractivity contribution < 1.29 is 19.0 Å². The number of fused-ring (bicyclic) bond motifs is 1. The quantitative estimate of drug-likeness (QED) is 0.580. The fourth-order valence-corrected chi connectivity index (χ4v) is 4.76. The number of anilines is 2. The molecule has 1 aromatic heterocycles. The molecule has 2 aliphatic rings. The third kappa shape index (κ3) is 5.21. The minimum Gasteiger partial charge on any atom is -0.391 e. The summed E-state index contributed by atoms with van der Waals surface area (Å²) >= 11 is 0. The second kappa shape index (κ2) is 10.1. The second-order valence-corrected chi connectivity index (χ2v) is 9.18. The van der Waals surface area contributed by atoms with E-state index in [4.69, 9.17) is 9.72 Å². The van der Waals surface area contributed by atoms with Gasteiger partial charge in [-0.2, -0.15) is 0 Å². The number of hydrogen-bond acceptors (Lipinski definition) is 7. The molecule has 0 aliphatic carbocycles. The molecule has 2 fully saturated rings. The van der Waals surface area contributed by atoms with Crippen molar-refractivity contribution in [1.29, 1.82) is 0 Å². The highest BCUT2D eigenvalue weighted by Gasteiger charge is 2.25. The van der Waals surface area contributed by atoms with E-state index in [9.17, 15) is 14.3 Å². The number of β-amino-alcohol motifs (C(OH)–C–C–N with tert-alkyl or cyclic N) is 1. The maximum absolute atomic E-state index is 13.8. The number of rotatable bonds is 5. The largest absolute Gasteiger partial charge is 0.391 e. The van der Waals surface area contributed by atoms with Crippen LogP contribution >= 0.6 is 0 Å². The van der Waals surface area contributed by atoms with Gasteiger partial charge in [0.15, 0.2) is 0 Å². The highest BCUT2D eigenvalue weighted by atomic mass is 19.1. The summed E-state index contributed by atoms with van der Waals surface area (Å²) in [7, 11) is 0. The van der Waals surface area contributed by atoms with E-state index in [1.165, 1.54) is 12.1 Å². The van der Waals surface area contributed by atoms with E-state index in [2.05, 4.69) is 15.2 Å². The second-order valence-electron chi connectivity index (χ2n) is 9.18. The van der Waals surface area contributed by atoms with Crippen molar-refractivity contribution in [1.82, 2.24) is 14.9 Å². The van der Waals surface area contributed by atoms with E-state index in [0.717, 1.165) is 30.9 Å². The fourth-order valence-electron chi connectivity index (χ4n) is 4.76. The lowest BCUT2D eigenvalue weighted by molar-refractivity contribution is 0.0474. The van der Waals surface area contributed by atoms with Crippen LogP contribution in [0.4, 0.5) is 15.9 Å². The summed E-state index contributed by atoms with van der Waals surface area (Å²) in [5.74, 6) is 0.302. The molecule has 2 aromatic carbocycles. The molecule has 9 heteroatoms. The van der Waals surface area contributed by atoms with Crippen LogP contribution in [0.15, 0.2) is 42.6 Å². The molecule has 0 spiro atoms. The summed E-state index contributed by atoms with van der Waals surface area (Å²) in [5, 5.41) is 13.4. The van der Waals surface area contributed by atoms with Gasteiger partial charge in [-0.15, -0.1) is 0 Å². The predicted molar refractivity (Wildman–Crippen MR) is 132 cm³/mol. The Labute approximate surface area is 203 Å². The van der Waals surface area contributed by atoms with Crippen molar-refractivity contribution in [3.05, 3.63) is 59.5 Å². The number of hydrogen-bond donors (Lipinski definition) is 2. The van der Waals surface area contributed by atoms with Crippen LogP contribution in [-0.2, 0) is 4.74 Å². The van der Waals surface area contributed by atoms with Crippen LogP contribution in [0, 0.1) is 5.82 Å². The predicted octanol–water partition coefficient (Wildman–Crippen LogP) is 3.38. The lowest BCUT2D eigenvalue weighted by Gasteiger charge is -2.30. The van der Waals surface area contributed by atoms with Crippen molar-refractivity contribution in [2.45, 2.75) is 31.9 Å². The van der Waals surface area contributed by atoms with Gasteiger partial charge in [-0.3, -0.25) is 9.78 Å². The number of carbonyl (C=O) groups is 1. The number of piperidine rings is 1. The molecule has 0 radical (unpaired) electrons. The fraction of sp³-hybridized carbons (Fsp3) is 0.423. The average molecular weight is 480 g/mol. The Balaban J connectivity index is 1.54. The normalized spacial score (nSPS) is 19.6. The molecule has 0 saturated carbocycles. The molecule has 3 aromatic rings. The van der Waals surface area contributed by atoms with Crippen LogP contribution in [0.5, 0.6) is 0 Å². The Morgan fingerprint density at radius 2 is 2.06 bits per heavy atom. The van der Waals surface area contributed by atoms with Crippen LogP contribution in [0.1, 0.15) is 41.7 Å². The highest BCUT2D eigenvalue weighted by Crippen LogP contribution is 2.29. The number of aromatic nitrogens is 2. The molecule has 5 rings (SSSR count). The molecular weight excluding hydrogens is 449 g/mol. The van der Waals surface area contributed by atoms with Crippen molar-refractivity contribution in [3.8, 4) is 0 Å². The molecule has 1 unspecified atom stereocenters. The number of ether oxygens (including phenoxy) is 1. The first-order valence-electron chi connectivity index (χ1n) is 12.1. The first-order chi connectivity index (χ1) is 17.0. The summed E-state index contributed by atoms with van der Waals surface area (Å²) in [5.41, 5.74) is 3.26. The van der Waals surface area contributed by atoms with E-state index >= 15 is 0 Å². The van der Waals surface area contributed by atoms with Crippen molar-refractivity contribution in [3.63, 3.8) is 0 Å². The molecule has 8 nitrogen and oxygen atoms in total. The first-order valence-corrected chi connectivity index (χ1v) is 12.1. The Hall–Kier alpha value is -3.30. The standard InChI is InChI=1S/C26H30FN5O3/c1-17(29-20-5-2-4-19(27)14-20)22-12-18(26(34)32-7-3-6-21(33)16-32)13-23-25(22)30-24(15-28-23)31-8-10-35-11-9-31/h2,4-5,12-15,17,21,29,33H,3,6-11,16H2,1H3/t17?,21-/m0/s1. The smallest absolute Gasteiger partial charge is 0.254 e. The molecule has 2 aliphatic heterocycles. The Morgan fingerprint density at radius 3 is 2.83 bits per heavy atom. The zero-order valence-corrected chi connectivity index (χ0v) is 19.8. The van der Waals surface area contributed by atoms with E-state index in [-0.39, 0.29) is 17.8 Å². The van der Waals surface area contributed by atoms with E-state index in [0.29, 0.717) is 55.0 Å². The molecule has 3 heterocycles. The van der Waals surface area contributed by atoms with Crippen LogP contribution in [-0.4, -0.2) is 71.4 Å². The van der Waals surface area contributed by atoms with E-state index in [1.807, 2.05) is 13.0 Å². The molecule has 2 saturated heterocycles. The van der Waals surface area contributed by atoms with Crippen molar-refractivity contribution >= 4 is 28.4 Å². The molecule has 1 amide bonds. The van der Waals surface area contributed by atoms with E-state index < -0.39 is 6.10 Å². The first kappa shape index (κ1) is 23.4. The number of likely N-dealkylation sites (tertiary alicyclic amines) is 1. The zero-order valence-electron chi connectivity index (χ0n) is 19.8. The minimum absolute atomic E-state index is 0.135. The van der Waals surface area contributed by atoms with Crippen LogP contribution in [0.25, 0.3) is 11.0 Å². The van der Waals surface area contributed by atoms with Gasteiger partial charge in [-0.25, -0.2) is 9.37 Å². The molecule has 2 atom stereocenters. The number of nitrogens with zero attached hydrogens (tertiary/aromatic N) is 4. The van der Waals surface area contributed by atoms with Gasteiger partial charge < -0.3 is 25.0 Å². The molecule has 0 bridgehead atoms. The monoisotopic (exact) mass is 479 g/mol. The topological polar surface area (TPSA) is 90.8 Å². The number of amides is 1. The summed E-state index contributed by atoms with van der Waals surface area (Å²) in [4.78, 5) is 26.8. The number of morpholine rings is 1. The molecule has 2 N–H and O–H groups in total. The third-order valence-corrected chi connectivity index (χ3v) is 6.60. The Kier molecular flexibility index (Phi) is 6.79. The van der Waals surface area contributed by atoms with Crippen molar-refractivity contribution in [2.75, 3.05) is 49.6 Å². The summed E-state index contributed by atoms with van der Waals surface area (Å²) in [6.45, 7) is 5.65. The highest BCUT2D eigenvalue weighted by molar-refractivity contribution is 5.98. The molecule has 35 heavy (non-hydrogen) atoms. The van der Waals surface area contributed by atoms with Gasteiger partial charge in [-0.05, 0) is 50.1 Å². The SMILES string of the molecule is CC(Nc1cccc(F)c1)c1cc(C(=O)N2CCC[C@H](O)C2)cc2ncc(N3CCOCC3)nc12. The van der Waals surface area contributed by atoms with Gasteiger partial charge in [0, 0.05) is 43.0 Å². The van der Waals surface area contributed by atoms with Gasteiger partial charge in [0.25, 0.3) is 5.91 Å². The van der Waals surface area contributed by atoms with Crippen LogP contribution in [0.3, 0.4) is 0 Å². The van der Waals surface area contributed by atoms with Gasteiger partial charge in [0.05, 0.1) is 42.6 Å². The lowest BCUT2D eigenvalue weighted by Crippen LogP contribution is -2.42. The maximum atomic E-state index is 13.8. The minimum atomic E-state index is -0.503. The maximum Gasteiger partial charge on any atom is 0.254 e. The Morgan fingerprint density at radius 1 is 1.23 bits per heavy atom. The van der Waals surface area contributed by atoms with Crippen LogP contribution < -0.4 is 10.2 Å². The van der Waals surface area contributed by atoms with Crippen molar-refractivity contribution in [2.24, 2.45) is 0 Å². The van der Waals surface area contributed by atoms with Crippen LogP contribution in [0.2, 0.25) is 0 Å². The van der Waals surface area contributed by atoms with Gasteiger partial charge in [-0.1, -0.05) is 6.07 Å². The number of halogens is 1.